The Hall–Kier alpha value is -0.853. The second kappa shape index (κ2) is 7.80. The van der Waals surface area contributed by atoms with Crippen molar-refractivity contribution < 1.29 is 27.5 Å². The van der Waals surface area contributed by atoms with Crippen molar-refractivity contribution in [2.24, 2.45) is 5.92 Å². The Morgan fingerprint density at radius 2 is 1.75 bits per heavy atom. The van der Waals surface area contributed by atoms with Crippen molar-refractivity contribution in [3.8, 4) is 0 Å². The molecule has 0 heterocycles. The number of ketones is 1. The summed E-state index contributed by atoms with van der Waals surface area (Å²) >= 11 is 0. The number of alkyl halides is 3. The fourth-order valence-corrected chi connectivity index (χ4v) is 3.08. The zero-order valence-electron chi connectivity index (χ0n) is 12.5. The minimum atomic E-state index is -4.58. The summed E-state index contributed by atoms with van der Waals surface area (Å²) in [5.74, 6) is -3.21. The summed E-state index contributed by atoms with van der Waals surface area (Å²) < 4.78 is 41.5. The van der Waals surface area contributed by atoms with Gasteiger partial charge in [0.1, 0.15) is 12.3 Å². The van der Waals surface area contributed by atoms with Gasteiger partial charge >= 0.3 is 12.1 Å². The van der Waals surface area contributed by atoms with E-state index in [0.717, 1.165) is 6.04 Å². The fourth-order valence-electron chi connectivity index (χ4n) is 1.81. The van der Waals surface area contributed by atoms with Gasteiger partial charge in [-0.2, -0.15) is 13.2 Å². The van der Waals surface area contributed by atoms with E-state index in [0.29, 0.717) is 6.42 Å². The predicted octanol–water partition coefficient (Wildman–Crippen LogP) is 3.81. The molecule has 0 aliphatic carbocycles. The molecule has 0 saturated carbocycles. The Labute approximate surface area is 118 Å². The van der Waals surface area contributed by atoms with Crippen molar-refractivity contribution in [2.45, 2.75) is 58.0 Å². The van der Waals surface area contributed by atoms with Gasteiger partial charge in [-0.15, -0.1) is 0 Å². The zero-order valence-corrected chi connectivity index (χ0v) is 13.5. The summed E-state index contributed by atoms with van der Waals surface area (Å²) in [6.07, 6.45) is -5.44. The standard InChI is InChI=1S/C13H23F3O3Si/c1-5-19-12(18)10(7-6-8-20(2,3)4)11(17)9-13(14,15)16/h10H,5-9H2,1-4H3. The molecular formula is C13H23F3O3Si. The van der Waals surface area contributed by atoms with Gasteiger partial charge in [0, 0.05) is 8.07 Å². The third-order valence-corrected chi connectivity index (χ3v) is 4.61. The van der Waals surface area contributed by atoms with Crippen molar-refractivity contribution in [1.82, 2.24) is 0 Å². The number of esters is 1. The summed E-state index contributed by atoms with van der Waals surface area (Å²) in [5.41, 5.74) is 0. The van der Waals surface area contributed by atoms with E-state index < -0.39 is 38.3 Å². The molecule has 0 aliphatic rings. The van der Waals surface area contributed by atoms with E-state index >= 15 is 0 Å². The highest BCUT2D eigenvalue weighted by Gasteiger charge is 2.37. The molecule has 0 aliphatic heterocycles. The third-order valence-electron chi connectivity index (χ3n) is 2.75. The topological polar surface area (TPSA) is 43.4 Å². The minimum absolute atomic E-state index is 0.0582. The highest BCUT2D eigenvalue weighted by Crippen LogP contribution is 2.25. The van der Waals surface area contributed by atoms with Crippen LogP contribution in [0, 0.1) is 5.92 Å². The monoisotopic (exact) mass is 312 g/mol. The first-order chi connectivity index (χ1) is 8.96. The van der Waals surface area contributed by atoms with Gasteiger partial charge < -0.3 is 4.74 Å². The van der Waals surface area contributed by atoms with Crippen molar-refractivity contribution in [3.05, 3.63) is 0 Å². The summed E-state index contributed by atoms with van der Waals surface area (Å²) in [4.78, 5) is 23.2. The van der Waals surface area contributed by atoms with Crippen LogP contribution in [-0.4, -0.2) is 32.6 Å². The highest BCUT2D eigenvalue weighted by atomic mass is 28.3. The first-order valence-electron chi connectivity index (χ1n) is 6.72. The van der Waals surface area contributed by atoms with Gasteiger partial charge in [-0.3, -0.25) is 9.59 Å². The van der Waals surface area contributed by atoms with E-state index in [1.807, 2.05) is 0 Å². The number of carbonyl (C=O) groups is 2. The Kier molecular flexibility index (Phi) is 7.47. The van der Waals surface area contributed by atoms with Gasteiger partial charge in [-0.05, 0) is 13.3 Å². The molecular weight excluding hydrogens is 289 g/mol. The molecule has 0 amide bonds. The van der Waals surface area contributed by atoms with Crippen LogP contribution in [0.2, 0.25) is 25.7 Å². The van der Waals surface area contributed by atoms with Crippen LogP contribution in [0.1, 0.15) is 26.2 Å². The average molecular weight is 312 g/mol. The molecule has 0 bridgehead atoms. The molecule has 0 rings (SSSR count). The molecule has 0 saturated heterocycles. The largest absolute Gasteiger partial charge is 0.465 e. The van der Waals surface area contributed by atoms with Crippen LogP contribution in [0.5, 0.6) is 0 Å². The second-order valence-corrected chi connectivity index (χ2v) is 11.6. The van der Waals surface area contributed by atoms with Gasteiger partial charge in [-0.25, -0.2) is 0 Å². The number of Topliss-reactive ketones (excluding diaryl/α,β-unsaturated/α-hetero) is 1. The lowest BCUT2D eigenvalue weighted by molar-refractivity contribution is -0.162. The first-order valence-corrected chi connectivity index (χ1v) is 10.4. The maximum absolute atomic E-state index is 12.3. The first kappa shape index (κ1) is 19.1. The number of hydrogen-bond donors (Lipinski definition) is 0. The average Bonchev–Trinajstić information content (AvgIpc) is 2.20. The molecule has 0 aromatic carbocycles. The molecule has 0 radical (unpaired) electrons. The van der Waals surface area contributed by atoms with E-state index in [-0.39, 0.29) is 13.0 Å². The Morgan fingerprint density at radius 1 is 1.20 bits per heavy atom. The van der Waals surface area contributed by atoms with Crippen LogP contribution in [0.15, 0.2) is 0 Å². The summed E-state index contributed by atoms with van der Waals surface area (Å²) in [7, 11) is -1.34. The Morgan fingerprint density at radius 3 is 2.15 bits per heavy atom. The highest BCUT2D eigenvalue weighted by molar-refractivity contribution is 6.76. The van der Waals surface area contributed by atoms with Crippen LogP contribution < -0.4 is 0 Å². The number of hydrogen-bond acceptors (Lipinski definition) is 3. The molecule has 0 aromatic rings. The van der Waals surface area contributed by atoms with Gasteiger partial charge in [-0.1, -0.05) is 32.1 Å². The summed E-state index contributed by atoms with van der Waals surface area (Å²) in [6.45, 7) is 8.01. The lowest BCUT2D eigenvalue weighted by Crippen LogP contribution is -2.30. The van der Waals surface area contributed by atoms with E-state index in [2.05, 4.69) is 19.6 Å². The van der Waals surface area contributed by atoms with Crippen molar-refractivity contribution in [3.63, 3.8) is 0 Å². The molecule has 1 atom stereocenters. The predicted molar refractivity (Wildman–Crippen MR) is 73.2 cm³/mol. The van der Waals surface area contributed by atoms with E-state index in [1.165, 1.54) is 0 Å². The lowest BCUT2D eigenvalue weighted by Gasteiger charge is -2.19. The Bertz CT molecular complexity index is 335. The molecule has 20 heavy (non-hydrogen) atoms. The van der Waals surface area contributed by atoms with Gasteiger partial charge in [0.2, 0.25) is 0 Å². The molecule has 0 spiro atoms. The maximum Gasteiger partial charge on any atom is 0.395 e. The Balaban J connectivity index is 4.65. The zero-order chi connectivity index (χ0) is 16.0. The fraction of sp³-hybridized carbons (Fsp3) is 0.846. The lowest BCUT2D eigenvalue weighted by atomic mass is 9.96. The smallest absolute Gasteiger partial charge is 0.395 e. The molecule has 1 unspecified atom stereocenters. The maximum atomic E-state index is 12.3. The molecule has 0 N–H and O–H groups in total. The van der Waals surface area contributed by atoms with E-state index in [9.17, 15) is 22.8 Å². The van der Waals surface area contributed by atoms with Crippen LogP contribution >= 0.6 is 0 Å². The van der Waals surface area contributed by atoms with E-state index in [4.69, 9.17) is 4.74 Å². The van der Waals surface area contributed by atoms with Gasteiger partial charge in [0.05, 0.1) is 6.61 Å². The summed E-state index contributed by atoms with van der Waals surface area (Å²) in [6, 6.07) is 0.863. The van der Waals surface area contributed by atoms with Crippen LogP contribution in [0.3, 0.4) is 0 Å². The van der Waals surface area contributed by atoms with Gasteiger partial charge in [0.25, 0.3) is 0 Å². The number of rotatable bonds is 8. The van der Waals surface area contributed by atoms with Crippen LogP contribution in [-0.2, 0) is 14.3 Å². The van der Waals surface area contributed by atoms with Crippen molar-refractivity contribution in [2.75, 3.05) is 6.61 Å². The molecule has 0 aromatic heterocycles. The van der Waals surface area contributed by atoms with Crippen LogP contribution in [0.4, 0.5) is 13.2 Å². The number of carbonyl (C=O) groups excluding carboxylic acids is 2. The number of ether oxygens (including phenoxy) is 1. The quantitative estimate of drug-likeness (QED) is 0.389. The van der Waals surface area contributed by atoms with Crippen molar-refractivity contribution in [1.29, 1.82) is 0 Å². The van der Waals surface area contributed by atoms with E-state index in [1.54, 1.807) is 6.92 Å². The second-order valence-electron chi connectivity index (χ2n) is 6.02. The summed E-state index contributed by atoms with van der Waals surface area (Å²) in [5, 5.41) is 0. The molecule has 3 nitrogen and oxygen atoms in total. The minimum Gasteiger partial charge on any atom is -0.465 e. The molecule has 0 fully saturated rings. The van der Waals surface area contributed by atoms with Crippen LogP contribution in [0.25, 0.3) is 0 Å². The molecule has 118 valence electrons. The normalized spacial score (nSPS) is 13.9. The van der Waals surface area contributed by atoms with Crippen molar-refractivity contribution >= 4 is 19.8 Å². The SMILES string of the molecule is CCOC(=O)C(CCC[Si](C)(C)C)C(=O)CC(F)(F)F. The third kappa shape index (κ3) is 9.11. The number of halogens is 3. The van der Waals surface area contributed by atoms with Gasteiger partial charge in [0.15, 0.2) is 5.78 Å². The molecule has 7 heteroatoms.